The zero-order valence-corrected chi connectivity index (χ0v) is 12.1. The van der Waals surface area contributed by atoms with E-state index in [1.807, 2.05) is 13.0 Å². The Kier molecular flexibility index (Phi) is 3.68. The third kappa shape index (κ3) is 2.70. The van der Waals surface area contributed by atoms with Gasteiger partial charge in [-0.05, 0) is 47.5 Å². The first-order chi connectivity index (χ1) is 8.47. The smallest absolute Gasteiger partial charge is 0.295 e. The standard InChI is InChI=1S/C11H10BrClN4O/c1-5-3-7(12)9(4-8(5)13)15-11(18)10-14-6(2)16-17-10/h3-4H,1-2H3,(H,15,18)(H,14,16,17). The van der Waals surface area contributed by atoms with E-state index in [2.05, 4.69) is 36.4 Å². The predicted molar refractivity (Wildman–Crippen MR) is 73.0 cm³/mol. The summed E-state index contributed by atoms with van der Waals surface area (Å²) in [5, 5.41) is 9.67. The molecule has 2 rings (SSSR count). The molecule has 0 radical (unpaired) electrons. The van der Waals surface area contributed by atoms with Crippen LogP contribution in [0.1, 0.15) is 22.0 Å². The van der Waals surface area contributed by atoms with Crippen LogP contribution in [0.15, 0.2) is 16.6 Å². The summed E-state index contributed by atoms with van der Waals surface area (Å²) in [6.07, 6.45) is 0. The third-order valence-electron chi connectivity index (χ3n) is 2.30. The normalized spacial score (nSPS) is 10.4. The maximum absolute atomic E-state index is 11.9. The number of amides is 1. The molecule has 0 aliphatic heterocycles. The van der Waals surface area contributed by atoms with Crippen molar-refractivity contribution in [3.8, 4) is 0 Å². The molecule has 18 heavy (non-hydrogen) atoms. The van der Waals surface area contributed by atoms with Crippen LogP contribution in [0, 0.1) is 13.8 Å². The molecule has 0 unspecified atom stereocenters. The maximum Gasteiger partial charge on any atom is 0.295 e. The molecule has 0 aliphatic rings. The minimum Gasteiger partial charge on any atom is -0.318 e. The van der Waals surface area contributed by atoms with Crippen molar-refractivity contribution in [3.63, 3.8) is 0 Å². The fourth-order valence-corrected chi connectivity index (χ4v) is 2.09. The van der Waals surface area contributed by atoms with E-state index in [9.17, 15) is 4.79 Å². The fraction of sp³-hybridized carbons (Fsp3) is 0.182. The van der Waals surface area contributed by atoms with Crippen LogP contribution < -0.4 is 5.32 Å². The molecule has 1 amide bonds. The summed E-state index contributed by atoms with van der Waals surface area (Å²) in [5.41, 5.74) is 1.51. The first kappa shape index (κ1) is 13.0. The zero-order chi connectivity index (χ0) is 13.3. The second-order valence-electron chi connectivity index (χ2n) is 3.78. The van der Waals surface area contributed by atoms with Gasteiger partial charge in [-0.25, -0.2) is 4.98 Å². The van der Waals surface area contributed by atoms with E-state index < -0.39 is 0 Å². The molecule has 2 N–H and O–H groups in total. The fourth-order valence-electron chi connectivity index (χ4n) is 1.36. The molecule has 0 fully saturated rings. The summed E-state index contributed by atoms with van der Waals surface area (Å²) in [6.45, 7) is 3.61. The SMILES string of the molecule is Cc1nc(C(=O)Nc2cc(Cl)c(C)cc2Br)n[nH]1. The summed E-state index contributed by atoms with van der Waals surface area (Å²) >= 11 is 9.38. The maximum atomic E-state index is 11.9. The Morgan fingerprint density at radius 3 is 2.78 bits per heavy atom. The van der Waals surface area contributed by atoms with Gasteiger partial charge in [-0.15, -0.1) is 5.10 Å². The lowest BCUT2D eigenvalue weighted by Crippen LogP contribution is -2.14. The number of carbonyl (C=O) groups is 1. The molecule has 7 heteroatoms. The van der Waals surface area contributed by atoms with Crippen molar-refractivity contribution in [3.05, 3.63) is 38.8 Å². The average Bonchev–Trinajstić information content (AvgIpc) is 2.73. The highest BCUT2D eigenvalue weighted by molar-refractivity contribution is 9.10. The largest absolute Gasteiger partial charge is 0.318 e. The molecule has 0 spiro atoms. The molecule has 0 aliphatic carbocycles. The first-order valence-electron chi connectivity index (χ1n) is 5.13. The van der Waals surface area contributed by atoms with Crippen molar-refractivity contribution < 1.29 is 4.79 Å². The van der Waals surface area contributed by atoms with Gasteiger partial charge in [0.15, 0.2) is 0 Å². The van der Waals surface area contributed by atoms with E-state index in [1.165, 1.54) is 0 Å². The summed E-state index contributed by atoms with van der Waals surface area (Å²) in [6, 6.07) is 3.51. The highest BCUT2D eigenvalue weighted by Crippen LogP contribution is 2.29. The number of hydrogen-bond acceptors (Lipinski definition) is 3. The number of aryl methyl sites for hydroxylation is 2. The van der Waals surface area contributed by atoms with E-state index in [-0.39, 0.29) is 11.7 Å². The molecule has 0 saturated carbocycles. The first-order valence-corrected chi connectivity index (χ1v) is 6.30. The number of rotatable bonds is 2. The van der Waals surface area contributed by atoms with Gasteiger partial charge >= 0.3 is 0 Å². The van der Waals surface area contributed by atoms with E-state index >= 15 is 0 Å². The Morgan fingerprint density at radius 1 is 1.44 bits per heavy atom. The van der Waals surface area contributed by atoms with E-state index in [4.69, 9.17) is 11.6 Å². The van der Waals surface area contributed by atoms with Crippen LogP contribution in [0.25, 0.3) is 0 Å². The molecule has 5 nitrogen and oxygen atoms in total. The summed E-state index contributed by atoms with van der Waals surface area (Å²) in [4.78, 5) is 15.8. The van der Waals surface area contributed by atoms with Gasteiger partial charge in [0.05, 0.1) is 5.69 Å². The number of carbonyl (C=O) groups excluding carboxylic acids is 1. The third-order valence-corrected chi connectivity index (χ3v) is 3.36. The van der Waals surface area contributed by atoms with Crippen molar-refractivity contribution in [1.82, 2.24) is 15.2 Å². The molecular weight excluding hydrogens is 320 g/mol. The van der Waals surface area contributed by atoms with Crippen molar-refractivity contribution >= 4 is 39.1 Å². The van der Waals surface area contributed by atoms with Crippen molar-refractivity contribution in [2.75, 3.05) is 5.32 Å². The van der Waals surface area contributed by atoms with Gasteiger partial charge in [0, 0.05) is 9.50 Å². The number of benzene rings is 1. The van der Waals surface area contributed by atoms with Crippen LogP contribution in [0.2, 0.25) is 5.02 Å². The van der Waals surface area contributed by atoms with Gasteiger partial charge in [0.2, 0.25) is 5.82 Å². The van der Waals surface area contributed by atoms with E-state index in [1.54, 1.807) is 13.0 Å². The number of aromatic amines is 1. The lowest BCUT2D eigenvalue weighted by Gasteiger charge is -2.07. The predicted octanol–water partition coefficient (Wildman–Crippen LogP) is 3.09. The van der Waals surface area contributed by atoms with Gasteiger partial charge in [-0.1, -0.05) is 11.6 Å². The molecule has 2 aromatic rings. The molecular formula is C11H10BrClN4O. The number of nitrogens with one attached hydrogen (secondary N) is 2. The van der Waals surface area contributed by atoms with Gasteiger partial charge in [-0.3, -0.25) is 9.89 Å². The number of aromatic nitrogens is 3. The monoisotopic (exact) mass is 328 g/mol. The van der Waals surface area contributed by atoms with Crippen molar-refractivity contribution in [1.29, 1.82) is 0 Å². The molecule has 0 atom stereocenters. The number of nitrogens with zero attached hydrogens (tertiary/aromatic N) is 2. The van der Waals surface area contributed by atoms with E-state index in [0.29, 0.717) is 16.5 Å². The molecule has 0 bridgehead atoms. The number of anilines is 1. The Hall–Kier alpha value is -1.40. The second kappa shape index (κ2) is 5.07. The highest BCUT2D eigenvalue weighted by Gasteiger charge is 2.13. The second-order valence-corrected chi connectivity index (χ2v) is 5.04. The molecule has 1 aromatic carbocycles. The van der Waals surface area contributed by atoms with Crippen LogP contribution in [0.4, 0.5) is 5.69 Å². The quantitative estimate of drug-likeness (QED) is 0.889. The summed E-state index contributed by atoms with van der Waals surface area (Å²) in [5.74, 6) is 0.289. The van der Waals surface area contributed by atoms with E-state index in [0.717, 1.165) is 10.0 Å². The highest BCUT2D eigenvalue weighted by atomic mass is 79.9. The summed E-state index contributed by atoms with van der Waals surface area (Å²) in [7, 11) is 0. The average molecular weight is 330 g/mol. The van der Waals surface area contributed by atoms with Gasteiger partial charge in [0.1, 0.15) is 5.82 Å². The minimum absolute atomic E-state index is 0.0936. The molecule has 94 valence electrons. The number of H-pyrrole nitrogens is 1. The Balaban J connectivity index is 2.24. The van der Waals surface area contributed by atoms with Crippen LogP contribution in [-0.2, 0) is 0 Å². The Morgan fingerprint density at radius 2 is 2.17 bits per heavy atom. The van der Waals surface area contributed by atoms with Crippen LogP contribution >= 0.6 is 27.5 Å². The van der Waals surface area contributed by atoms with Gasteiger partial charge in [0.25, 0.3) is 5.91 Å². The summed E-state index contributed by atoms with van der Waals surface area (Å²) < 4.78 is 0.755. The van der Waals surface area contributed by atoms with Crippen molar-refractivity contribution in [2.45, 2.75) is 13.8 Å². The molecule has 1 heterocycles. The Bertz CT molecular complexity index is 611. The van der Waals surface area contributed by atoms with Crippen LogP contribution in [-0.4, -0.2) is 21.1 Å². The molecule has 0 saturated heterocycles. The number of halogens is 2. The zero-order valence-electron chi connectivity index (χ0n) is 9.71. The van der Waals surface area contributed by atoms with Crippen molar-refractivity contribution in [2.24, 2.45) is 0 Å². The minimum atomic E-state index is -0.389. The van der Waals surface area contributed by atoms with Gasteiger partial charge < -0.3 is 5.32 Å². The topological polar surface area (TPSA) is 70.7 Å². The Labute approximate surface area is 117 Å². The van der Waals surface area contributed by atoms with Gasteiger partial charge in [-0.2, -0.15) is 0 Å². The number of hydrogen-bond donors (Lipinski definition) is 2. The lowest BCUT2D eigenvalue weighted by molar-refractivity contribution is 0.101. The molecule has 1 aromatic heterocycles. The van der Waals surface area contributed by atoms with Crippen LogP contribution in [0.5, 0.6) is 0 Å². The van der Waals surface area contributed by atoms with Crippen LogP contribution in [0.3, 0.4) is 0 Å². The lowest BCUT2D eigenvalue weighted by atomic mass is 10.2.